The lowest BCUT2D eigenvalue weighted by Crippen LogP contribution is -2.25. The maximum atomic E-state index is 12.6. The molecule has 29 heavy (non-hydrogen) atoms. The van der Waals surface area contributed by atoms with Gasteiger partial charge in [-0.05, 0) is 80.6 Å². The van der Waals surface area contributed by atoms with Crippen molar-refractivity contribution in [2.75, 3.05) is 23.2 Å². The van der Waals surface area contributed by atoms with Gasteiger partial charge >= 0.3 is 5.97 Å². The third kappa shape index (κ3) is 4.19. The van der Waals surface area contributed by atoms with Crippen molar-refractivity contribution in [3.63, 3.8) is 0 Å². The molecule has 1 aliphatic heterocycles. The van der Waals surface area contributed by atoms with Gasteiger partial charge in [-0.25, -0.2) is 13.2 Å². The van der Waals surface area contributed by atoms with E-state index in [0.717, 1.165) is 22.3 Å². The second kappa shape index (κ2) is 7.99. The fraction of sp³-hybridized carbons (Fsp3) is 0.364. The first-order chi connectivity index (χ1) is 13.6. The summed E-state index contributed by atoms with van der Waals surface area (Å²) in [6.07, 6.45) is 0.556. The largest absolute Gasteiger partial charge is 0.454 e. The van der Waals surface area contributed by atoms with Crippen LogP contribution in [0.15, 0.2) is 30.3 Å². The van der Waals surface area contributed by atoms with E-state index < -0.39 is 16.0 Å². The second-order valence-electron chi connectivity index (χ2n) is 7.41. The Labute approximate surface area is 171 Å². The fourth-order valence-electron chi connectivity index (χ4n) is 3.51. The summed E-state index contributed by atoms with van der Waals surface area (Å²) >= 11 is 0. The van der Waals surface area contributed by atoms with Gasteiger partial charge in [-0.1, -0.05) is 6.07 Å². The highest BCUT2D eigenvalue weighted by atomic mass is 32.2. The highest BCUT2D eigenvalue weighted by Crippen LogP contribution is 2.25. The molecule has 0 amide bonds. The van der Waals surface area contributed by atoms with Crippen molar-refractivity contribution in [2.24, 2.45) is 0 Å². The van der Waals surface area contributed by atoms with E-state index in [1.165, 1.54) is 10.4 Å². The molecule has 6 nitrogen and oxygen atoms in total. The zero-order chi connectivity index (χ0) is 21.3. The van der Waals surface area contributed by atoms with Crippen molar-refractivity contribution in [3.8, 4) is 0 Å². The van der Waals surface area contributed by atoms with Crippen molar-refractivity contribution in [2.45, 2.75) is 34.1 Å². The fourth-order valence-corrected chi connectivity index (χ4v) is 5.07. The van der Waals surface area contributed by atoms with Gasteiger partial charge in [-0.2, -0.15) is 0 Å². The van der Waals surface area contributed by atoms with Crippen LogP contribution in [0.1, 0.15) is 49.4 Å². The molecule has 0 spiro atoms. The van der Waals surface area contributed by atoms with E-state index in [2.05, 4.69) is 0 Å². The molecule has 1 aliphatic rings. The van der Waals surface area contributed by atoms with Crippen LogP contribution in [0.3, 0.4) is 0 Å². The molecule has 1 fully saturated rings. The lowest BCUT2D eigenvalue weighted by molar-refractivity contribution is 0.0474. The lowest BCUT2D eigenvalue weighted by Gasteiger charge is -2.17. The topological polar surface area (TPSA) is 80.8 Å². The molecule has 1 saturated heterocycles. The number of hydrogen-bond donors (Lipinski definition) is 0. The Bertz CT molecular complexity index is 1090. The monoisotopic (exact) mass is 415 g/mol. The van der Waals surface area contributed by atoms with Crippen molar-refractivity contribution in [1.29, 1.82) is 0 Å². The SMILES string of the molecule is Cc1cc(C(=O)COC(=O)c2cccc(N3CCCS3(=O)=O)c2)c(C)c(C)c1C. The summed E-state index contributed by atoms with van der Waals surface area (Å²) in [4.78, 5) is 25.1. The molecule has 0 aromatic heterocycles. The molecule has 154 valence electrons. The van der Waals surface area contributed by atoms with Gasteiger partial charge in [0.05, 0.1) is 17.0 Å². The summed E-state index contributed by atoms with van der Waals surface area (Å²) in [6.45, 7) is 7.84. The number of Topliss-reactive ketones (excluding diaryl/α,β-unsaturated/α-hetero) is 1. The van der Waals surface area contributed by atoms with Gasteiger partial charge in [0.1, 0.15) is 0 Å². The van der Waals surface area contributed by atoms with Crippen LogP contribution in [0.5, 0.6) is 0 Å². The average Bonchev–Trinajstić information content (AvgIpc) is 3.06. The Morgan fingerprint density at radius 2 is 1.76 bits per heavy atom. The normalized spacial score (nSPS) is 15.4. The Balaban J connectivity index is 1.74. The molecular formula is C22H25NO5S. The van der Waals surface area contributed by atoms with E-state index in [9.17, 15) is 18.0 Å². The number of carbonyl (C=O) groups excluding carboxylic acids is 2. The van der Waals surface area contributed by atoms with Crippen LogP contribution in [0.4, 0.5) is 5.69 Å². The number of hydrogen-bond acceptors (Lipinski definition) is 5. The number of carbonyl (C=O) groups is 2. The van der Waals surface area contributed by atoms with Crippen LogP contribution in [0.25, 0.3) is 0 Å². The molecule has 0 N–H and O–H groups in total. The highest BCUT2D eigenvalue weighted by molar-refractivity contribution is 7.93. The Kier molecular flexibility index (Phi) is 5.80. The van der Waals surface area contributed by atoms with Crippen molar-refractivity contribution < 1.29 is 22.7 Å². The van der Waals surface area contributed by atoms with Gasteiger partial charge in [0.25, 0.3) is 0 Å². The van der Waals surface area contributed by atoms with E-state index in [1.54, 1.807) is 18.2 Å². The number of benzene rings is 2. The maximum absolute atomic E-state index is 12.6. The smallest absolute Gasteiger partial charge is 0.338 e. The van der Waals surface area contributed by atoms with Crippen molar-refractivity contribution >= 4 is 27.5 Å². The van der Waals surface area contributed by atoms with E-state index >= 15 is 0 Å². The van der Waals surface area contributed by atoms with Crippen LogP contribution >= 0.6 is 0 Å². The van der Waals surface area contributed by atoms with Crippen LogP contribution in [0, 0.1) is 27.7 Å². The first-order valence-corrected chi connectivity index (χ1v) is 11.1. The number of nitrogens with zero attached hydrogens (tertiary/aromatic N) is 1. The summed E-state index contributed by atoms with van der Waals surface area (Å²) < 4.78 is 30.7. The summed E-state index contributed by atoms with van der Waals surface area (Å²) in [7, 11) is -3.33. The zero-order valence-electron chi connectivity index (χ0n) is 17.1. The summed E-state index contributed by atoms with van der Waals surface area (Å²) in [5, 5.41) is 0. The molecule has 0 saturated carbocycles. The lowest BCUT2D eigenvalue weighted by atomic mass is 9.93. The molecule has 0 bridgehead atoms. The van der Waals surface area contributed by atoms with Gasteiger partial charge in [0.15, 0.2) is 6.61 Å². The molecule has 0 aliphatic carbocycles. The van der Waals surface area contributed by atoms with Gasteiger partial charge < -0.3 is 4.74 Å². The minimum Gasteiger partial charge on any atom is -0.454 e. The predicted octanol–water partition coefficient (Wildman–Crippen LogP) is 3.50. The van der Waals surface area contributed by atoms with E-state index in [-0.39, 0.29) is 23.7 Å². The minimum atomic E-state index is -3.33. The van der Waals surface area contributed by atoms with Crippen molar-refractivity contribution in [1.82, 2.24) is 0 Å². The van der Waals surface area contributed by atoms with Crippen LogP contribution in [-0.2, 0) is 14.8 Å². The van der Waals surface area contributed by atoms with Gasteiger partial charge in [-0.15, -0.1) is 0 Å². The summed E-state index contributed by atoms with van der Waals surface area (Å²) in [5.41, 5.74) is 5.30. The number of ketones is 1. The molecule has 0 unspecified atom stereocenters. The molecule has 2 aromatic carbocycles. The van der Waals surface area contributed by atoms with Gasteiger partial charge in [-0.3, -0.25) is 9.10 Å². The number of ether oxygens (including phenoxy) is 1. The Morgan fingerprint density at radius 3 is 2.41 bits per heavy atom. The summed E-state index contributed by atoms with van der Waals surface area (Å²) in [6, 6.07) is 8.11. The summed E-state index contributed by atoms with van der Waals surface area (Å²) in [5.74, 6) is -0.819. The van der Waals surface area contributed by atoms with Crippen LogP contribution < -0.4 is 4.31 Å². The van der Waals surface area contributed by atoms with Crippen molar-refractivity contribution in [3.05, 3.63) is 63.7 Å². The van der Waals surface area contributed by atoms with E-state index in [4.69, 9.17) is 4.74 Å². The minimum absolute atomic E-state index is 0.102. The quantitative estimate of drug-likeness (QED) is 0.551. The number of rotatable bonds is 5. The third-order valence-corrected chi connectivity index (χ3v) is 7.45. The molecule has 0 radical (unpaired) electrons. The third-order valence-electron chi connectivity index (χ3n) is 5.59. The molecular weight excluding hydrogens is 390 g/mol. The second-order valence-corrected chi connectivity index (χ2v) is 9.42. The molecule has 7 heteroatoms. The molecule has 1 heterocycles. The van der Waals surface area contributed by atoms with Gasteiger partial charge in [0, 0.05) is 12.1 Å². The van der Waals surface area contributed by atoms with Gasteiger partial charge in [0.2, 0.25) is 15.8 Å². The number of aryl methyl sites for hydroxylation is 1. The first kappa shape index (κ1) is 21.0. The number of sulfonamides is 1. The highest BCUT2D eigenvalue weighted by Gasteiger charge is 2.29. The molecule has 0 atom stereocenters. The van der Waals surface area contributed by atoms with Crippen LogP contribution in [-0.4, -0.2) is 39.1 Å². The average molecular weight is 416 g/mol. The zero-order valence-corrected chi connectivity index (χ0v) is 17.9. The Morgan fingerprint density at radius 1 is 1.03 bits per heavy atom. The maximum Gasteiger partial charge on any atom is 0.338 e. The predicted molar refractivity (Wildman–Crippen MR) is 112 cm³/mol. The Hall–Kier alpha value is -2.67. The van der Waals surface area contributed by atoms with E-state index in [1.807, 2.05) is 33.8 Å². The number of esters is 1. The van der Waals surface area contributed by atoms with Crippen LogP contribution in [0.2, 0.25) is 0 Å². The molecule has 3 rings (SSSR count). The van der Waals surface area contributed by atoms with E-state index in [0.29, 0.717) is 24.2 Å². The number of anilines is 1. The first-order valence-electron chi connectivity index (χ1n) is 9.50. The standard InChI is InChI=1S/C22H25NO5S/c1-14-11-20(17(4)16(3)15(14)2)21(24)13-28-22(25)18-7-5-8-19(12-18)23-9-6-10-29(23,26)27/h5,7-8,11-12H,6,9-10,13H2,1-4H3. The molecule has 2 aromatic rings.